The van der Waals surface area contributed by atoms with E-state index >= 15 is 0 Å². The summed E-state index contributed by atoms with van der Waals surface area (Å²) in [5, 5.41) is 32.6. The van der Waals surface area contributed by atoms with Crippen LogP contribution in [0.1, 0.15) is 136 Å². The quantitative estimate of drug-likeness (QED) is 0.154. The van der Waals surface area contributed by atoms with Crippen molar-refractivity contribution in [3.8, 4) is 0 Å². The number of rotatable bonds is 23. The number of amides is 1. The van der Waals surface area contributed by atoms with Gasteiger partial charge in [-0.25, -0.2) is 0 Å². The second-order valence-corrected chi connectivity index (χ2v) is 9.30. The molecule has 186 valence electrons. The van der Waals surface area contributed by atoms with E-state index in [1.54, 1.807) is 0 Å². The molecule has 0 bridgehead atoms. The Balaban J connectivity index is 3.65. The molecule has 1 amide bonds. The first-order valence-electron chi connectivity index (χ1n) is 13.3. The monoisotopic (exact) mass is 443 g/mol. The molecule has 31 heavy (non-hydrogen) atoms. The van der Waals surface area contributed by atoms with Gasteiger partial charge in [0.05, 0.1) is 24.9 Å². The van der Waals surface area contributed by atoms with Crippen LogP contribution in [-0.4, -0.2) is 46.1 Å². The first kappa shape index (κ1) is 30.4. The van der Waals surface area contributed by atoms with Gasteiger partial charge in [-0.15, -0.1) is 0 Å². The zero-order valence-electron chi connectivity index (χ0n) is 20.6. The number of hydrogen-bond acceptors (Lipinski definition) is 4. The molecule has 0 aliphatic rings. The standard InChI is InChI=1S/C26H53NO4/c1-3-5-7-8-9-10-11-12-13-14-15-16-18-19-23(29)21-25(30)24(22-28)27-26(31)20-17-6-4-2/h23-25,28-30H,3-22H2,1-2H3,(H,27,31). The third kappa shape index (κ3) is 19.7. The Kier molecular flexibility index (Phi) is 22.1. The zero-order chi connectivity index (χ0) is 23.2. The second-order valence-electron chi connectivity index (χ2n) is 9.30. The molecule has 0 fully saturated rings. The molecule has 5 nitrogen and oxygen atoms in total. The number of unbranched alkanes of at least 4 members (excludes halogenated alkanes) is 14. The number of carbonyl (C=O) groups excluding carboxylic acids is 1. The van der Waals surface area contributed by atoms with Gasteiger partial charge in [0, 0.05) is 12.8 Å². The first-order valence-corrected chi connectivity index (χ1v) is 13.3. The molecule has 0 heterocycles. The molecule has 0 rings (SSSR count). The summed E-state index contributed by atoms with van der Waals surface area (Å²) in [7, 11) is 0. The number of hydrogen-bond donors (Lipinski definition) is 4. The summed E-state index contributed by atoms with van der Waals surface area (Å²) in [6, 6.07) is -0.699. The Bertz CT molecular complexity index is 392. The van der Waals surface area contributed by atoms with Crippen LogP contribution in [0.25, 0.3) is 0 Å². The Morgan fingerprint density at radius 3 is 1.65 bits per heavy atom. The highest BCUT2D eigenvalue weighted by Crippen LogP contribution is 2.15. The fourth-order valence-electron chi connectivity index (χ4n) is 4.04. The molecule has 0 aliphatic heterocycles. The largest absolute Gasteiger partial charge is 0.394 e. The van der Waals surface area contributed by atoms with E-state index in [9.17, 15) is 20.1 Å². The predicted molar refractivity (Wildman–Crippen MR) is 130 cm³/mol. The molecule has 3 unspecified atom stereocenters. The maximum atomic E-state index is 11.9. The average molecular weight is 444 g/mol. The number of aliphatic hydroxyl groups is 3. The Morgan fingerprint density at radius 2 is 1.16 bits per heavy atom. The maximum Gasteiger partial charge on any atom is 0.220 e. The Morgan fingerprint density at radius 1 is 0.710 bits per heavy atom. The van der Waals surface area contributed by atoms with E-state index in [0.717, 1.165) is 32.1 Å². The van der Waals surface area contributed by atoms with E-state index < -0.39 is 18.2 Å². The van der Waals surface area contributed by atoms with Gasteiger partial charge < -0.3 is 20.6 Å². The van der Waals surface area contributed by atoms with Crippen LogP contribution in [0.5, 0.6) is 0 Å². The summed E-state index contributed by atoms with van der Waals surface area (Å²) < 4.78 is 0. The van der Waals surface area contributed by atoms with Crippen LogP contribution in [0.15, 0.2) is 0 Å². The lowest BCUT2D eigenvalue weighted by molar-refractivity contribution is -0.123. The lowest BCUT2D eigenvalue weighted by Crippen LogP contribution is -2.46. The number of carbonyl (C=O) groups is 1. The molecule has 0 radical (unpaired) electrons. The molecule has 0 aromatic rings. The molecule has 0 aliphatic carbocycles. The van der Waals surface area contributed by atoms with Gasteiger partial charge in [0.1, 0.15) is 0 Å². The van der Waals surface area contributed by atoms with Crippen LogP contribution in [0.4, 0.5) is 0 Å². The first-order chi connectivity index (χ1) is 15.0. The van der Waals surface area contributed by atoms with Crippen molar-refractivity contribution in [2.24, 2.45) is 0 Å². The lowest BCUT2D eigenvalue weighted by Gasteiger charge is -2.24. The summed E-state index contributed by atoms with van der Waals surface area (Å²) in [5.74, 6) is -0.141. The molecular weight excluding hydrogens is 390 g/mol. The van der Waals surface area contributed by atoms with Gasteiger partial charge in [0.25, 0.3) is 0 Å². The normalized spacial score (nSPS) is 14.4. The summed E-state index contributed by atoms with van der Waals surface area (Å²) in [6.45, 7) is 4.03. The molecule has 0 spiro atoms. The zero-order valence-corrected chi connectivity index (χ0v) is 20.6. The van der Waals surface area contributed by atoms with Crippen LogP contribution in [-0.2, 0) is 4.79 Å². The Hall–Kier alpha value is -0.650. The second kappa shape index (κ2) is 22.5. The van der Waals surface area contributed by atoms with E-state index in [1.165, 1.54) is 70.6 Å². The average Bonchev–Trinajstić information content (AvgIpc) is 2.75. The van der Waals surface area contributed by atoms with Gasteiger partial charge in [0.2, 0.25) is 5.91 Å². The third-order valence-electron chi connectivity index (χ3n) is 6.17. The van der Waals surface area contributed by atoms with E-state index in [1.807, 2.05) is 0 Å². The topological polar surface area (TPSA) is 89.8 Å². The molecule has 0 aromatic heterocycles. The van der Waals surface area contributed by atoms with Gasteiger partial charge >= 0.3 is 0 Å². The molecule has 4 N–H and O–H groups in total. The number of nitrogens with one attached hydrogen (secondary N) is 1. The molecule has 3 atom stereocenters. The summed E-state index contributed by atoms with van der Waals surface area (Å²) >= 11 is 0. The van der Waals surface area contributed by atoms with Crippen molar-refractivity contribution >= 4 is 5.91 Å². The Labute approximate surface area is 192 Å². The summed E-state index contributed by atoms with van der Waals surface area (Å²) in [5.41, 5.74) is 0. The molecule has 0 saturated carbocycles. The lowest BCUT2D eigenvalue weighted by atomic mass is 9.99. The minimum absolute atomic E-state index is 0.141. The van der Waals surface area contributed by atoms with E-state index in [0.29, 0.717) is 12.8 Å². The number of aliphatic hydroxyl groups excluding tert-OH is 3. The molecule has 0 aromatic carbocycles. The molecule has 0 saturated heterocycles. The third-order valence-corrected chi connectivity index (χ3v) is 6.17. The van der Waals surface area contributed by atoms with Crippen LogP contribution in [0.2, 0.25) is 0 Å². The van der Waals surface area contributed by atoms with Crippen LogP contribution in [0.3, 0.4) is 0 Å². The van der Waals surface area contributed by atoms with Crippen molar-refractivity contribution in [1.29, 1.82) is 0 Å². The highest BCUT2D eigenvalue weighted by Gasteiger charge is 2.23. The maximum absolute atomic E-state index is 11.9. The summed E-state index contributed by atoms with van der Waals surface area (Å²) in [4.78, 5) is 11.9. The van der Waals surface area contributed by atoms with Crippen molar-refractivity contribution in [2.45, 2.75) is 154 Å². The minimum Gasteiger partial charge on any atom is -0.394 e. The van der Waals surface area contributed by atoms with Gasteiger partial charge in [-0.05, 0) is 12.8 Å². The van der Waals surface area contributed by atoms with Crippen molar-refractivity contribution in [3.05, 3.63) is 0 Å². The molecular formula is C26H53NO4. The van der Waals surface area contributed by atoms with Crippen LogP contribution in [0, 0.1) is 0 Å². The SMILES string of the molecule is CCCCCCCCCCCCCCCC(O)CC(O)C(CO)NC(=O)CCCCC. The van der Waals surface area contributed by atoms with Gasteiger partial charge in [0.15, 0.2) is 0 Å². The van der Waals surface area contributed by atoms with Crippen LogP contribution >= 0.6 is 0 Å². The van der Waals surface area contributed by atoms with E-state index in [2.05, 4.69) is 19.2 Å². The van der Waals surface area contributed by atoms with Crippen molar-refractivity contribution in [1.82, 2.24) is 5.32 Å². The van der Waals surface area contributed by atoms with Gasteiger partial charge in [-0.3, -0.25) is 4.79 Å². The predicted octanol–water partition coefficient (Wildman–Crippen LogP) is 5.64. The van der Waals surface area contributed by atoms with E-state index in [4.69, 9.17) is 0 Å². The van der Waals surface area contributed by atoms with E-state index in [-0.39, 0.29) is 18.9 Å². The fraction of sp³-hybridized carbons (Fsp3) is 0.962. The van der Waals surface area contributed by atoms with Gasteiger partial charge in [-0.1, -0.05) is 110 Å². The fourth-order valence-corrected chi connectivity index (χ4v) is 4.04. The minimum atomic E-state index is -0.919. The van der Waals surface area contributed by atoms with Crippen molar-refractivity contribution < 1.29 is 20.1 Å². The van der Waals surface area contributed by atoms with Crippen LogP contribution < -0.4 is 5.32 Å². The summed E-state index contributed by atoms with van der Waals surface area (Å²) in [6.07, 6.45) is 19.5. The highest BCUT2D eigenvalue weighted by molar-refractivity contribution is 5.76. The van der Waals surface area contributed by atoms with Gasteiger partial charge in [-0.2, -0.15) is 0 Å². The highest BCUT2D eigenvalue weighted by atomic mass is 16.3. The smallest absolute Gasteiger partial charge is 0.220 e. The molecule has 5 heteroatoms. The van der Waals surface area contributed by atoms with Crippen molar-refractivity contribution in [3.63, 3.8) is 0 Å². The van der Waals surface area contributed by atoms with Crippen molar-refractivity contribution in [2.75, 3.05) is 6.61 Å².